The molecule has 2 aromatic heterocycles. The van der Waals surface area contributed by atoms with Gasteiger partial charge in [-0.15, -0.1) is 11.3 Å². The molecular formula is C14H21N3S. The van der Waals surface area contributed by atoms with Crippen LogP contribution in [0.4, 0.5) is 5.95 Å². The van der Waals surface area contributed by atoms with E-state index >= 15 is 0 Å². The lowest BCUT2D eigenvalue weighted by atomic mass is 10.2. The van der Waals surface area contributed by atoms with Crippen LogP contribution in [0.3, 0.4) is 0 Å². The van der Waals surface area contributed by atoms with Gasteiger partial charge in [-0.2, -0.15) is 0 Å². The number of aromatic nitrogens is 2. The van der Waals surface area contributed by atoms with Crippen LogP contribution in [0.2, 0.25) is 0 Å². The summed E-state index contributed by atoms with van der Waals surface area (Å²) < 4.78 is 2.20. The molecule has 0 aliphatic rings. The van der Waals surface area contributed by atoms with Gasteiger partial charge in [0, 0.05) is 36.3 Å². The zero-order valence-corrected chi connectivity index (χ0v) is 11.9. The standard InChI is InChI=1S/C14H21N3S/c1-3-4-8-17-9-7-15-14(17)16-12(2)11-13-6-5-10-18-13/h5-7,9-10,12H,3-4,8,11H2,1-2H3,(H,15,16). The Labute approximate surface area is 113 Å². The predicted octanol–water partition coefficient (Wildman–Crippen LogP) is 3.79. The minimum atomic E-state index is 0.409. The van der Waals surface area contributed by atoms with Crippen LogP contribution in [-0.4, -0.2) is 15.6 Å². The summed E-state index contributed by atoms with van der Waals surface area (Å²) in [6.45, 7) is 5.46. The molecule has 0 spiro atoms. The molecule has 2 aromatic rings. The van der Waals surface area contributed by atoms with Gasteiger partial charge in [0.25, 0.3) is 0 Å². The van der Waals surface area contributed by atoms with Crippen molar-refractivity contribution in [2.75, 3.05) is 5.32 Å². The van der Waals surface area contributed by atoms with E-state index in [4.69, 9.17) is 0 Å². The van der Waals surface area contributed by atoms with Crippen LogP contribution in [0.25, 0.3) is 0 Å². The van der Waals surface area contributed by atoms with Gasteiger partial charge in [-0.1, -0.05) is 19.4 Å². The summed E-state index contributed by atoms with van der Waals surface area (Å²) in [5.41, 5.74) is 0. The fraction of sp³-hybridized carbons (Fsp3) is 0.500. The van der Waals surface area contributed by atoms with E-state index in [0.717, 1.165) is 18.9 Å². The zero-order chi connectivity index (χ0) is 12.8. The number of nitrogens with zero attached hydrogens (tertiary/aromatic N) is 2. The van der Waals surface area contributed by atoms with Gasteiger partial charge < -0.3 is 9.88 Å². The lowest BCUT2D eigenvalue weighted by Gasteiger charge is -2.15. The fourth-order valence-electron chi connectivity index (χ4n) is 1.96. The highest BCUT2D eigenvalue weighted by Crippen LogP contribution is 2.14. The molecule has 0 aliphatic heterocycles. The Morgan fingerprint density at radius 1 is 1.50 bits per heavy atom. The Morgan fingerprint density at radius 3 is 3.11 bits per heavy atom. The van der Waals surface area contributed by atoms with Gasteiger partial charge >= 0.3 is 0 Å². The largest absolute Gasteiger partial charge is 0.353 e. The average molecular weight is 263 g/mol. The van der Waals surface area contributed by atoms with E-state index in [-0.39, 0.29) is 0 Å². The van der Waals surface area contributed by atoms with E-state index in [1.807, 2.05) is 17.5 Å². The smallest absolute Gasteiger partial charge is 0.202 e. The van der Waals surface area contributed by atoms with Gasteiger partial charge in [-0.25, -0.2) is 4.98 Å². The maximum Gasteiger partial charge on any atom is 0.202 e. The highest BCUT2D eigenvalue weighted by Gasteiger charge is 2.08. The number of anilines is 1. The number of nitrogens with one attached hydrogen (secondary N) is 1. The molecule has 0 radical (unpaired) electrons. The summed E-state index contributed by atoms with van der Waals surface area (Å²) in [6, 6.07) is 4.70. The van der Waals surface area contributed by atoms with Crippen molar-refractivity contribution in [1.29, 1.82) is 0 Å². The van der Waals surface area contributed by atoms with Crippen LogP contribution in [0.15, 0.2) is 29.9 Å². The van der Waals surface area contributed by atoms with Crippen LogP contribution in [-0.2, 0) is 13.0 Å². The van der Waals surface area contributed by atoms with Crippen molar-refractivity contribution in [2.45, 2.75) is 45.7 Å². The average Bonchev–Trinajstić information content (AvgIpc) is 2.98. The second-order valence-electron chi connectivity index (χ2n) is 4.63. The highest BCUT2D eigenvalue weighted by atomic mass is 32.1. The van der Waals surface area contributed by atoms with Crippen molar-refractivity contribution in [1.82, 2.24) is 9.55 Å². The van der Waals surface area contributed by atoms with Crippen molar-refractivity contribution in [3.05, 3.63) is 34.8 Å². The van der Waals surface area contributed by atoms with E-state index in [0.29, 0.717) is 6.04 Å². The van der Waals surface area contributed by atoms with E-state index < -0.39 is 0 Å². The summed E-state index contributed by atoms with van der Waals surface area (Å²) in [7, 11) is 0. The second-order valence-corrected chi connectivity index (χ2v) is 5.66. The fourth-order valence-corrected chi connectivity index (χ4v) is 2.80. The number of aryl methyl sites for hydroxylation is 1. The molecule has 0 aromatic carbocycles. The monoisotopic (exact) mass is 263 g/mol. The molecule has 3 nitrogen and oxygen atoms in total. The SMILES string of the molecule is CCCCn1ccnc1NC(C)Cc1cccs1. The summed E-state index contributed by atoms with van der Waals surface area (Å²) in [4.78, 5) is 5.81. The van der Waals surface area contributed by atoms with E-state index in [1.54, 1.807) is 0 Å². The van der Waals surface area contributed by atoms with E-state index in [2.05, 4.69) is 52.4 Å². The quantitative estimate of drug-likeness (QED) is 0.823. The van der Waals surface area contributed by atoms with Crippen LogP contribution in [0.1, 0.15) is 31.6 Å². The van der Waals surface area contributed by atoms with Crippen LogP contribution < -0.4 is 5.32 Å². The molecule has 0 fully saturated rings. The molecule has 4 heteroatoms. The number of hydrogen-bond donors (Lipinski definition) is 1. The minimum Gasteiger partial charge on any atom is -0.353 e. The Morgan fingerprint density at radius 2 is 2.39 bits per heavy atom. The maximum atomic E-state index is 4.39. The van der Waals surface area contributed by atoms with Gasteiger partial charge in [0.15, 0.2) is 0 Å². The van der Waals surface area contributed by atoms with Crippen LogP contribution >= 0.6 is 11.3 Å². The molecule has 2 heterocycles. The molecule has 1 unspecified atom stereocenters. The van der Waals surface area contributed by atoms with Crippen molar-refractivity contribution in [3.63, 3.8) is 0 Å². The second kappa shape index (κ2) is 6.59. The van der Waals surface area contributed by atoms with Crippen molar-refractivity contribution < 1.29 is 0 Å². The number of unbranched alkanes of at least 4 members (excludes halogenated alkanes) is 1. The van der Waals surface area contributed by atoms with Crippen molar-refractivity contribution in [2.24, 2.45) is 0 Å². The Bertz CT molecular complexity index is 447. The molecule has 98 valence electrons. The minimum absolute atomic E-state index is 0.409. The normalized spacial score (nSPS) is 12.6. The lowest BCUT2D eigenvalue weighted by molar-refractivity contribution is 0.628. The first-order valence-electron chi connectivity index (χ1n) is 6.59. The summed E-state index contributed by atoms with van der Waals surface area (Å²) >= 11 is 1.81. The molecule has 2 rings (SSSR count). The first-order valence-corrected chi connectivity index (χ1v) is 7.47. The predicted molar refractivity (Wildman–Crippen MR) is 78.2 cm³/mol. The molecule has 0 aliphatic carbocycles. The Hall–Kier alpha value is -1.29. The summed E-state index contributed by atoms with van der Waals surface area (Å²) in [6.07, 6.45) is 7.39. The van der Waals surface area contributed by atoms with Gasteiger partial charge in [0.05, 0.1) is 0 Å². The molecule has 1 atom stereocenters. The van der Waals surface area contributed by atoms with Crippen molar-refractivity contribution >= 4 is 17.3 Å². The molecular weight excluding hydrogens is 242 g/mol. The maximum absolute atomic E-state index is 4.39. The Balaban J connectivity index is 1.90. The first kappa shape index (κ1) is 13.1. The molecule has 0 saturated carbocycles. The van der Waals surface area contributed by atoms with Crippen LogP contribution in [0.5, 0.6) is 0 Å². The summed E-state index contributed by atoms with van der Waals surface area (Å²) in [5, 5.41) is 5.63. The van der Waals surface area contributed by atoms with Crippen LogP contribution in [0, 0.1) is 0 Å². The first-order chi connectivity index (χ1) is 8.79. The Kier molecular flexibility index (Phi) is 4.81. The van der Waals surface area contributed by atoms with Crippen molar-refractivity contribution in [3.8, 4) is 0 Å². The number of hydrogen-bond acceptors (Lipinski definition) is 3. The molecule has 0 amide bonds. The van der Waals surface area contributed by atoms with Gasteiger partial charge in [-0.05, 0) is 24.8 Å². The van der Waals surface area contributed by atoms with Gasteiger partial charge in [-0.3, -0.25) is 0 Å². The third-order valence-corrected chi connectivity index (χ3v) is 3.83. The molecule has 1 N–H and O–H groups in total. The number of imidazole rings is 1. The molecule has 18 heavy (non-hydrogen) atoms. The topological polar surface area (TPSA) is 29.9 Å². The number of thiophene rings is 1. The van der Waals surface area contributed by atoms with Gasteiger partial charge in [0.2, 0.25) is 5.95 Å². The lowest BCUT2D eigenvalue weighted by Crippen LogP contribution is -2.20. The van der Waals surface area contributed by atoms with E-state index in [9.17, 15) is 0 Å². The van der Waals surface area contributed by atoms with E-state index in [1.165, 1.54) is 17.7 Å². The summed E-state index contributed by atoms with van der Waals surface area (Å²) in [5.74, 6) is 0.993. The molecule has 0 bridgehead atoms. The number of rotatable bonds is 7. The third-order valence-electron chi connectivity index (χ3n) is 2.93. The zero-order valence-electron chi connectivity index (χ0n) is 11.1. The third kappa shape index (κ3) is 3.60. The molecule has 0 saturated heterocycles. The highest BCUT2D eigenvalue weighted by molar-refractivity contribution is 7.09. The van der Waals surface area contributed by atoms with Gasteiger partial charge in [0.1, 0.15) is 0 Å².